The molecule has 3 saturated heterocycles. The van der Waals surface area contributed by atoms with Crippen LogP contribution in [0.15, 0.2) is 42.0 Å². The van der Waals surface area contributed by atoms with E-state index in [0.717, 1.165) is 37.0 Å². The van der Waals surface area contributed by atoms with Crippen molar-refractivity contribution in [2.75, 3.05) is 32.7 Å². The van der Waals surface area contributed by atoms with Gasteiger partial charge in [-0.25, -0.2) is 0 Å². The molecule has 0 amide bonds. The molecule has 3 aliphatic heterocycles. The van der Waals surface area contributed by atoms with E-state index in [2.05, 4.69) is 51.5 Å². The van der Waals surface area contributed by atoms with Gasteiger partial charge in [-0.05, 0) is 88.5 Å². The van der Waals surface area contributed by atoms with Crippen LogP contribution in [0.2, 0.25) is 0 Å². The van der Waals surface area contributed by atoms with Gasteiger partial charge < -0.3 is 5.32 Å². The molecule has 4 atom stereocenters. The predicted octanol–water partition coefficient (Wildman–Crippen LogP) is 4.84. The number of fused-ring (bicyclic) bond motifs is 6. The fraction of sp³-hybridized carbons (Fsp3) is 0.704. The Hall–Kier alpha value is -1.16. The van der Waals surface area contributed by atoms with E-state index in [9.17, 15) is 0 Å². The second kappa shape index (κ2) is 9.97. The summed E-state index contributed by atoms with van der Waals surface area (Å²) in [6, 6.07) is 12.4. The summed E-state index contributed by atoms with van der Waals surface area (Å²) in [6.07, 6.45) is 15.4. The first-order chi connectivity index (χ1) is 14.9. The highest BCUT2D eigenvalue weighted by molar-refractivity contribution is 5.24. The van der Waals surface area contributed by atoms with E-state index in [-0.39, 0.29) is 0 Å². The third kappa shape index (κ3) is 4.69. The van der Waals surface area contributed by atoms with Crippen LogP contribution >= 0.6 is 0 Å². The Kier molecular flexibility index (Phi) is 6.89. The van der Waals surface area contributed by atoms with E-state index in [0.29, 0.717) is 0 Å². The Bertz CT molecular complexity index is 699. The van der Waals surface area contributed by atoms with E-state index < -0.39 is 0 Å². The van der Waals surface area contributed by atoms with Gasteiger partial charge in [0.2, 0.25) is 0 Å². The maximum Gasteiger partial charge on any atom is 0.0348 e. The molecule has 0 radical (unpaired) electrons. The molecule has 3 heterocycles. The average Bonchev–Trinajstić information content (AvgIpc) is 2.79. The number of likely N-dealkylation sites (tertiary alicyclic amines) is 1. The molecule has 3 nitrogen and oxygen atoms in total. The molecule has 0 unspecified atom stereocenters. The lowest BCUT2D eigenvalue weighted by Gasteiger charge is -2.55. The summed E-state index contributed by atoms with van der Waals surface area (Å²) < 4.78 is 0. The zero-order valence-corrected chi connectivity index (χ0v) is 18.8. The summed E-state index contributed by atoms with van der Waals surface area (Å²) in [5.41, 5.74) is 3.22. The normalized spacial score (nSPS) is 31.7. The number of unbranched alkanes of at least 4 members (excludes halogenated alkanes) is 2. The van der Waals surface area contributed by atoms with E-state index >= 15 is 0 Å². The molecule has 5 rings (SSSR count). The molecule has 1 aliphatic carbocycles. The van der Waals surface area contributed by atoms with Crippen LogP contribution in [0.5, 0.6) is 0 Å². The SMILES string of the molecule is C1=C2CCCN(CCCCCNCc3ccccc3)[C@H]2[C@@H]2C[C@H]1[C@H]1CCCCN1C2. The van der Waals surface area contributed by atoms with Gasteiger partial charge in [0.1, 0.15) is 0 Å². The Morgan fingerprint density at radius 3 is 2.83 bits per heavy atom. The van der Waals surface area contributed by atoms with Crippen LogP contribution in [0.3, 0.4) is 0 Å². The molecular weight excluding hydrogens is 366 g/mol. The first-order valence-corrected chi connectivity index (χ1v) is 12.8. The monoisotopic (exact) mass is 407 g/mol. The van der Waals surface area contributed by atoms with E-state index in [4.69, 9.17) is 0 Å². The molecule has 1 aromatic carbocycles. The fourth-order valence-electron chi connectivity index (χ4n) is 6.91. The summed E-state index contributed by atoms with van der Waals surface area (Å²) in [5, 5.41) is 3.61. The third-order valence-electron chi connectivity index (χ3n) is 8.23. The second-order valence-electron chi connectivity index (χ2n) is 10.3. The third-order valence-corrected chi connectivity index (χ3v) is 8.23. The smallest absolute Gasteiger partial charge is 0.0348 e. The lowest BCUT2D eigenvalue weighted by Crippen LogP contribution is -2.59. The molecule has 0 spiro atoms. The molecule has 0 saturated carbocycles. The summed E-state index contributed by atoms with van der Waals surface area (Å²) in [5.74, 6) is 1.77. The van der Waals surface area contributed by atoms with Crippen molar-refractivity contribution in [3.8, 4) is 0 Å². The van der Waals surface area contributed by atoms with Gasteiger partial charge in [0.05, 0.1) is 0 Å². The Morgan fingerprint density at radius 2 is 1.90 bits per heavy atom. The van der Waals surface area contributed by atoms with Gasteiger partial charge >= 0.3 is 0 Å². The number of nitrogens with one attached hydrogen (secondary N) is 1. The zero-order valence-electron chi connectivity index (χ0n) is 18.8. The topological polar surface area (TPSA) is 18.5 Å². The standard InChI is InChI=1S/C27H41N3/c1-3-10-22(11-4-1)20-28-14-6-2-7-15-29-17-9-12-23-18-24-19-25(27(23)29)21-30-16-8-5-13-26(24)30/h1,3-4,10-11,18,24-28H,2,5-9,12-17,19-21H2/t24-,25+,26+,27+/m0/s1. The second-order valence-corrected chi connectivity index (χ2v) is 10.3. The van der Waals surface area contributed by atoms with Crippen molar-refractivity contribution < 1.29 is 0 Å². The quantitative estimate of drug-likeness (QED) is 0.491. The van der Waals surface area contributed by atoms with Gasteiger partial charge in [-0.15, -0.1) is 0 Å². The maximum absolute atomic E-state index is 3.61. The van der Waals surface area contributed by atoms with Gasteiger partial charge in [0.25, 0.3) is 0 Å². The number of hydrogen-bond donors (Lipinski definition) is 1. The van der Waals surface area contributed by atoms with Crippen LogP contribution in [0.4, 0.5) is 0 Å². The Morgan fingerprint density at radius 1 is 0.967 bits per heavy atom. The van der Waals surface area contributed by atoms with Crippen molar-refractivity contribution in [1.82, 2.24) is 15.1 Å². The molecule has 3 fully saturated rings. The van der Waals surface area contributed by atoms with Gasteiger partial charge in [0, 0.05) is 25.2 Å². The maximum atomic E-state index is 3.61. The lowest BCUT2D eigenvalue weighted by molar-refractivity contribution is -0.000967. The van der Waals surface area contributed by atoms with Gasteiger partial charge in [-0.2, -0.15) is 0 Å². The van der Waals surface area contributed by atoms with Crippen LogP contribution in [-0.2, 0) is 6.54 Å². The highest BCUT2D eigenvalue weighted by Gasteiger charge is 2.45. The average molecular weight is 408 g/mol. The van der Waals surface area contributed by atoms with Crippen molar-refractivity contribution in [2.24, 2.45) is 11.8 Å². The van der Waals surface area contributed by atoms with Crippen molar-refractivity contribution in [1.29, 1.82) is 0 Å². The van der Waals surface area contributed by atoms with Gasteiger partial charge in [-0.3, -0.25) is 9.80 Å². The molecule has 0 aromatic heterocycles. The summed E-state index contributed by atoms with van der Waals surface area (Å²) in [6.45, 7) is 7.53. The Labute approximate surface area is 183 Å². The lowest BCUT2D eigenvalue weighted by atomic mass is 9.68. The number of nitrogens with zero attached hydrogens (tertiary/aromatic N) is 2. The van der Waals surface area contributed by atoms with Crippen molar-refractivity contribution in [3.63, 3.8) is 0 Å². The Balaban J connectivity index is 1.08. The van der Waals surface area contributed by atoms with Crippen LogP contribution < -0.4 is 5.32 Å². The molecule has 30 heavy (non-hydrogen) atoms. The molecule has 1 N–H and O–H groups in total. The van der Waals surface area contributed by atoms with Gasteiger partial charge in [-0.1, -0.05) is 54.8 Å². The molecule has 164 valence electrons. The molecule has 4 aliphatic rings. The molecule has 3 heteroatoms. The number of piperidine rings is 3. The number of hydrogen-bond acceptors (Lipinski definition) is 3. The van der Waals surface area contributed by atoms with Crippen LogP contribution in [-0.4, -0.2) is 54.6 Å². The first-order valence-electron chi connectivity index (χ1n) is 12.8. The predicted molar refractivity (Wildman–Crippen MR) is 125 cm³/mol. The number of rotatable bonds is 8. The molecular formula is C27H41N3. The van der Waals surface area contributed by atoms with Crippen LogP contribution in [0, 0.1) is 11.8 Å². The fourth-order valence-corrected chi connectivity index (χ4v) is 6.91. The highest BCUT2D eigenvalue weighted by Crippen LogP contribution is 2.44. The van der Waals surface area contributed by atoms with Crippen LogP contribution in [0.25, 0.3) is 0 Å². The van der Waals surface area contributed by atoms with Crippen molar-refractivity contribution in [2.45, 2.75) is 76.4 Å². The van der Waals surface area contributed by atoms with E-state index in [1.165, 1.54) is 89.5 Å². The minimum atomic E-state index is 0.772. The summed E-state index contributed by atoms with van der Waals surface area (Å²) in [7, 11) is 0. The first kappa shape index (κ1) is 20.7. The molecule has 2 bridgehead atoms. The summed E-state index contributed by atoms with van der Waals surface area (Å²) >= 11 is 0. The molecule has 1 aromatic rings. The minimum absolute atomic E-state index is 0.772. The van der Waals surface area contributed by atoms with E-state index in [1.54, 1.807) is 0 Å². The van der Waals surface area contributed by atoms with Gasteiger partial charge in [0.15, 0.2) is 0 Å². The minimum Gasteiger partial charge on any atom is -0.313 e. The largest absolute Gasteiger partial charge is 0.313 e. The number of benzene rings is 1. The summed E-state index contributed by atoms with van der Waals surface area (Å²) in [4.78, 5) is 5.76. The van der Waals surface area contributed by atoms with Crippen LogP contribution in [0.1, 0.15) is 63.4 Å². The zero-order chi connectivity index (χ0) is 20.2. The highest BCUT2D eigenvalue weighted by atomic mass is 15.2. The van der Waals surface area contributed by atoms with E-state index in [1.807, 2.05) is 5.57 Å². The van der Waals surface area contributed by atoms with Crippen molar-refractivity contribution in [3.05, 3.63) is 47.5 Å². The van der Waals surface area contributed by atoms with Crippen molar-refractivity contribution >= 4 is 0 Å².